The summed E-state index contributed by atoms with van der Waals surface area (Å²) in [6.07, 6.45) is 2.56. The Morgan fingerprint density at radius 2 is 2.20 bits per heavy atom. The van der Waals surface area contributed by atoms with Crippen LogP contribution in [0.4, 0.5) is 0 Å². The second-order valence-electron chi connectivity index (χ2n) is 4.89. The lowest BCUT2D eigenvalue weighted by molar-refractivity contribution is 0.395. The molecule has 1 N–H and O–H groups in total. The number of nitrogens with zero attached hydrogens (tertiary/aromatic N) is 3. The average molecular weight is 274 g/mol. The number of rotatable bonds is 6. The molecule has 0 aliphatic carbocycles. The molecule has 0 bridgehead atoms. The predicted octanol–water partition coefficient (Wildman–Crippen LogP) is 2.37. The maximum Gasteiger partial charge on any atom is 0.140 e. The summed E-state index contributed by atoms with van der Waals surface area (Å²) in [5, 5.41) is 7.61. The predicted molar refractivity (Wildman–Crippen MR) is 78.6 cm³/mol. The summed E-state index contributed by atoms with van der Waals surface area (Å²) in [6.45, 7) is 4.94. The highest BCUT2D eigenvalue weighted by Crippen LogP contribution is 2.28. The van der Waals surface area contributed by atoms with E-state index in [0.717, 1.165) is 18.0 Å². The third-order valence-electron chi connectivity index (χ3n) is 3.48. The number of hydrogen-bond donors (Lipinski definition) is 1. The van der Waals surface area contributed by atoms with Gasteiger partial charge >= 0.3 is 0 Å². The zero-order valence-corrected chi connectivity index (χ0v) is 12.6. The van der Waals surface area contributed by atoms with Gasteiger partial charge in [-0.1, -0.05) is 24.6 Å². The molecule has 2 rings (SSSR count). The molecule has 1 aromatic heterocycles. The fourth-order valence-corrected chi connectivity index (χ4v) is 2.29. The number of aromatic nitrogens is 3. The number of methoxy groups -OCH3 is 1. The average Bonchev–Trinajstić information content (AvgIpc) is 2.85. The minimum Gasteiger partial charge on any atom is -0.496 e. The molecule has 1 heterocycles. The van der Waals surface area contributed by atoms with Crippen molar-refractivity contribution in [1.82, 2.24) is 20.1 Å². The van der Waals surface area contributed by atoms with E-state index in [9.17, 15) is 0 Å². The first-order valence-corrected chi connectivity index (χ1v) is 6.86. The van der Waals surface area contributed by atoms with Gasteiger partial charge in [0.1, 0.15) is 17.9 Å². The van der Waals surface area contributed by atoms with Crippen molar-refractivity contribution in [3.05, 3.63) is 41.5 Å². The molecule has 20 heavy (non-hydrogen) atoms. The highest BCUT2D eigenvalue weighted by molar-refractivity contribution is 5.39. The fraction of sp³-hybridized carbons (Fsp3) is 0.467. The summed E-state index contributed by atoms with van der Waals surface area (Å²) in [5.41, 5.74) is 2.43. The molecule has 0 amide bonds. The van der Waals surface area contributed by atoms with Crippen LogP contribution in [0.25, 0.3) is 0 Å². The van der Waals surface area contributed by atoms with Gasteiger partial charge in [0.05, 0.1) is 13.7 Å². The second-order valence-corrected chi connectivity index (χ2v) is 4.89. The Morgan fingerprint density at radius 1 is 1.40 bits per heavy atom. The lowest BCUT2D eigenvalue weighted by Crippen LogP contribution is -2.22. The Morgan fingerprint density at radius 3 is 2.80 bits per heavy atom. The lowest BCUT2D eigenvalue weighted by Gasteiger charge is -2.20. The van der Waals surface area contributed by atoms with Crippen LogP contribution in [0.2, 0.25) is 0 Å². The third kappa shape index (κ3) is 3.17. The van der Waals surface area contributed by atoms with Crippen molar-refractivity contribution >= 4 is 0 Å². The van der Waals surface area contributed by atoms with Crippen LogP contribution in [0.3, 0.4) is 0 Å². The van der Waals surface area contributed by atoms with Crippen LogP contribution in [0.5, 0.6) is 5.75 Å². The van der Waals surface area contributed by atoms with Gasteiger partial charge in [0, 0.05) is 18.7 Å². The van der Waals surface area contributed by atoms with E-state index in [1.807, 2.05) is 13.1 Å². The summed E-state index contributed by atoms with van der Waals surface area (Å²) >= 11 is 0. The Labute approximate surface area is 120 Å². The molecule has 0 unspecified atom stereocenters. The largest absolute Gasteiger partial charge is 0.496 e. The fourth-order valence-electron chi connectivity index (χ4n) is 2.29. The van der Waals surface area contributed by atoms with Gasteiger partial charge in [-0.15, -0.1) is 0 Å². The maximum atomic E-state index is 5.47. The van der Waals surface area contributed by atoms with Gasteiger partial charge in [-0.05, 0) is 19.4 Å². The smallest absolute Gasteiger partial charge is 0.140 e. The van der Waals surface area contributed by atoms with E-state index in [-0.39, 0.29) is 6.04 Å². The quantitative estimate of drug-likeness (QED) is 0.878. The van der Waals surface area contributed by atoms with E-state index in [2.05, 4.69) is 41.4 Å². The molecular formula is C15H22N4O. The molecular weight excluding hydrogens is 252 g/mol. The second kappa shape index (κ2) is 6.52. The van der Waals surface area contributed by atoms with Gasteiger partial charge in [0.25, 0.3) is 0 Å². The highest BCUT2D eigenvalue weighted by Gasteiger charge is 2.15. The minimum absolute atomic E-state index is 0.238. The van der Waals surface area contributed by atoms with Crippen molar-refractivity contribution < 1.29 is 4.74 Å². The minimum atomic E-state index is 0.238. The summed E-state index contributed by atoms with van der Waals surface area (Å²) in [4.78, 5) is 4.23. The zero-order valence-electron chi connectivity index (χ0n) is 12.6. The van der Waals surface area contributed by atoms with Crippen molar-refractivity contribution in [3.8, 4) is 5.75 Å². The Bertz CT molecular complexity index is 565. The molecule has 0 saturated heterocycles. The summed E-state index contributed by atoms with van der Waals surface area (Å²) < 4.78 is 7.26. The van der Waals surface area contributed by atoms with Crippen LogP contribution in [-0.2, 0) is 13.6 Å². The molecule has 1 atom stereocenters. The number of aryl methyl sites for hydroxylation is 2. The van der Waals surface area contributed by atoms with Crippen molar-refractivity contribution in [2.24, 2.45) is 7.05 Å². The van der Waals surface area contributed by atoms with E-state index < -0.39 is 0 Å². The molecule has 0 aliphatic rings. The van der Waals surface area contributed by atoms with E-state index in [1.165, 1.54) is 11.1 Å². The van der Waals surface area contributed by atoms with Gasteiger partial charge in [-0.3, -0.25) is 4.68 Å². The summed E-state index contributed by atoms with van der Waals surface area (Å²) in [6, 6.07) is 6.51. The standard InChI is InChI=1S/C15H22N4O/c1-5-13(16-9-15-17-10-18-19(15)3)12-8-11(2)6-7-14(12)20-4/h6-8,10,13,16H,5,9H2,1-4H3/t13-/m1/s1. The SMILES string of the molecule is CC[C@@H](NCc1ncnn1C)c1cc(C)ccc1OC. The normalized spacial score (nSPS) is 12.4. The Balaban J connectivity index is 2.16. The van der Waals surface area contributed by atoms with Crippen LogP contribution >= 0.6 is 0 Å². The molecule has 2 aromatic rings. The van der Waals surface area contributed by atoms with Crippen LogP contribution in [0.15, 0.2) is 24.5 Å². The first kappa shape index (κ1) is 14.5. The summed E-state index contributed by atoms with van der Waals surface area (Å²) in [7, 11) is 3.61. The molecule has 0 fully saturated rings. The van der Waals surface area contributed by atoms with Gasteiger partial charge < -0.3 is 10.1 Å². The maximum absolute atomic E-state index is 5.47. The molecule has 5 heteroatoms. The molecule has 5 nitrogen and oxygen atoms in total. The van der Waals surface area contributed by atoms with Gasteiger partial charge in [-0.2, -0.15) is 5.10 Å². The first-order chi connectivity index (χ1) is 9.65. The molecule has 108 valence electrons. The molecule has 0 radical (unpaired) electrons. The zero-order chi connectivity index (χ0) is 14.5. The molecule has 0 saturated carbocycles. The van der Waals surface area contributed by atoms with E-state index in [0.29, 0.717) is 6.54 Å². The Hall–Kier alpha value is -1.88. The van der Waals surface area contributed by atoms with Gasteiger partial charge in [0.2, 0.25) is 0 Å². The monoisotopic (exact) mass is 274 g/mol. The number of ether oxygens (including phenoxy) is 1. The van der Waals surface area contributed by atoms with Crippen LogP contribution < -0.4 is 10.1 Å². The molecule has 1 aromatic carbocycles. The van der Waals surface area contributed by atoms with E-state index in [1.54, 1.807) is 18.1 Å². The first-order valence-electron chi connectivity index (χ1n) is 6.86. The number of nitrogens with one attached hydrogen (secondary N) is 1. The number of benzene rings is 1. The van der Waals surface area contributed by atoms with Crippen LogP contribution in [0, 0.1) is 6.92 Å². The summed E-state index contributed by atoms with van der Waals surface area (Å²) in [5.74, 6) is 1.85. The van der Waals surface area contributed by atoms with Crippen molar-refractivity contribution in [3.63, 3.8) is 0 Å². The van der Waals surface area contributed by atoms with Gasteiger partial charge in [0.15, 0.2) is 0 Å². The van der Waals surface area contributed by atoms with E-state index >= 15 is 0 Å². The number of hydrogen-bond acceptors (Lipinski definition) is 4. The van der Waals surface area contributed by atoms with Crippen molar-refractivity contribution in [1.29, 1.82) is 0 Å². The van der Waals surface area contributed by atoms with E-state index in [4.69, 9.17) is 4.74 Å². The van der Waals surface area contributed by atoms with Crippen LogP contribution in [-0.4, -0.2) is 21.9 Å². The van der Waals surface area contributed by atoms with Crippen LogP contribution in [0.1, 0.15) is 36.3 Å². The van der Waals surface area contributed by atoms with Crippen molar-refractivity contribution in [2.45, 2.75) is 32.9 Å². The molecule has 0 aliphatic heterocycles. The lowest BCUT2D eigenvalue weighted by atomic mass is 10.0. The highest BCUT2D eigenvalue weighted by atomic mass is 16.5. The van der Waals surface area contributed by atoms with Crippen molar-refractivity contribution in [2.75, 3.05) is 7.11 Å². The third-order valence-corrected chi connectivity index (χ3v) is 3.48. The van der Waals surface area contributed by atoms with Gasteiger partial charge in [-0.25, -0.2) is 4.98 Å². The molecule has 0 spiro atoms. The topological polar surface area (TPSA) is 52.0 Å². The Kier molecular flexibility index (Phi) is 4.74.